The van der Waals surface area contributed by atoms with Gasteiger partial charge in [-0.25, -0.2) is 0 Å². The molecule has 0 amide bonds. The van der Waals surface area contributed by atoms with E-state index in [2.05, 4.69) is 183 Å². The maximum atomic E-state index is 2.52. The average Bonchev–Trinajstić information content (AvgIpc) is 3.68. The van der Waals surface area contributed by atoms with E-state index in [9.17, 15) is 0 Å². The first kappa shape index (κ1) is 33.1. The van der Waals surface area contributed by atoms with Crippen LogP contribution in [0.25, 0.3) is 54.9 Å². The lowest BCUT2D eigenvalue weighted by atomic mass is 9.43. The molecule has 1 nitrogen and oxygen atoms in total. The molecular weight excluding hydrogens is 699 g/mol. The monoisotopic (exact) mass is 745 g/mol. The zero-order valence-electron chi connectivity index (χ0n) is 33.4. The minimum Gasteiger partial charge on any atom is -0.310 e. The highest BCUT2D eigenvalue weighted by Crippen LogP contribution is 2.70. The number of nitrogens with zero attached hydrogens (tertiary/aromatic N) is 1. The normalized spacial score (nSPS) is 23.9. The second-order valence-corrected chi connectivity index (χ2v) is 18.9. The number of rotatable bonds is 4. The van der Waals surface area contributed by atoms with Crippen molar-refractivity contribution in [2.45, 2.75) is 56.8 Å². The van der Waals surface area contributed by atoms with Gasteiger partial charge in [0.15, 0.2) is 0 Å². The molecular formula is C57H47N. The van der Waals surface area contributed by atoms with Crippen LogP contribution in [0.15, 0.2) is 164 Å². The van der Waals surface area contributed by atoms with Gasteiger partial charge in [-0.3, -0.25) is 0 Å². The SMILES string of the molecule is CC1(C)c2ccccc2-c2ccc(N(c3ccc(-c4cccc5c4-c4ccccc4C54C5CC6CC(C5)CC4C6)cc3)c3cc4ccccc4c4ccccc34)cc21. The molecule has 8 aromatic carbocycles. The van der Waals surface area contributed by atoms with Crippen LogP contribution in [0.1, 0.15) is 68.2 Å². The predicted octanol–water partition coefficient (Wildman–Crippen LogP) is 15.2. The maximum Gasteiger partial charge on any atom is 0.0546 e. The number of fused-ring (bicyclic) bond motifs is 9. The fraction of sp³-hybridized carbons (Fsp3) is 0.228. The summed E-state index contributed by atoms with van der Waals surface area (Å²) in [4.78, 5) is 2.52. The zero-order valence-corrected chi connectivity index (χ0v) is 33.4. The molecule has 0 radical (unpaired) electrons. The average molecular weight is 746 g/mol. The molecule has 0 heterocycles. The summed E-state index contributed by atoms with van der Waals surface area (Å²) in [5, 5.41) is 5.08. The summed E-state index contributed by atoms with van der Waals surface area (Å²) in [6.07, 6.45) is 7.11. The van der Waals surface area contributed by atoms with Gasteiger partial charge >= 0.3 is 0 Å². The van der Waals surface area contributed by atoms with E-state index in [-0.39, 0.29) is 10.8 Å². The third kappa shape index (κ3) is 4.32. The van der Waals surface area contributed by atoms with E-state index in [0.29, 0.717) is 0 Å². The lowest BCUT2D eigenvalue weighted by Gasteiger charge is -2.61. The quantitative estimate of drug-likeness (QED) is 0.162. The van der Waals surface area contributed by atoms with Crippen molar-refractivity contribution in [2.24, 2.45) is 23.7 Å². The highest BCUT2D eigenvalue weighted by atomic mass is 15.1. The Bertz CT molecular complexity index is 2970. The second kappa shape index (κ2) is 11.8. The Morgan fingerprint density at radius 1 is 0.431 bits per heavy atom. The number of benzene rings is 8. The van der Waals surface area contributed by atoms with E-state index in [1.807, 2.05) is 0 Å². The van der Waals surface area contributed by atoms with E-state index in [4.69, 9.17) is 0 Å². The van der Waals surface area contributed by atoms with Crippen molar-refractivity contribution >= 4 is 38.6 Å². The lowest BCUT2D eigenvalue weighted by molar-refractivity contribution is -0.0399. The summed E-state index contributed by atoms with van der Waals surface area (Å²) in [6, 6.07) is 62.8. The van der Waals surface area contributed by atoms with E-state index in [1.165, 1.54) is 115 Å². The first-order valence-corrected chi connectivity index (χ1v) is 21.8. The third-order valence-corrected chi connectivity index (χ3v) is 15.8. The highest BCUT2D eigenvalue weighted by Gasteiger charge is 2.61. The van der Waals surface area contributed by atoms with E-state index >= 15 is 0 Å². The number of hydrogen-bond acceptors (Lipinski definition) is 1. The van der Waals surface area contributed by atoms with Gasteiger partial charge in [-0.1, -0.05) is 147 Å². The van der Waals surface area contributed by atoms with Crippen LogP contribution in [0.2, 0.25) is 0 Å². The molecule has 0 N–H and O–H groups in total. The van der Waals surface area contributed by atoms with Crippen LogP contribution in [-0.2, 0) is 10.8 Å². The Labute approximate surface area is 342 Å². The molecule has 1 spiro atoms. The first-order valence-electron chi connectivity index (χ1n) is 21.8. The third-order valence-electron chi connectivity index (χ3n) is 15.8. The van der Waals surface area contributed by atoms with Crippen LogP contribution in [0.5, 0.6) is 0 Å². The zero-order chi connectivity index (χ0) is 38.3. The summed E-state index contributed by atoms with van der Waals surface area (Å²) in [6.45, 7) is 4.77. The molecule has 280 valence electrons. The molecule has 1 heteroatoms. The Balaban J connectivity index is 0.989. The van der Waals surface area contributed by atoms with Gasteiger partial charge in [0.1, 0.15) is 0 Å². The lowest BCUT2D eigenvalue weighted by Crippen LogP contribution is -2.55. The fourth-order valence-corrected chi connectivity index (χ4v) is 13.7. The van der Waals surface area contributed by atoms with Gasteiger partial charge in [-0.05, 0) is 158 Å². The van der Waals surface area contributed by atoms with Crippen molar-refractivity contribution in [3.05, 3.63) is 186 Å². The molecule has 4 fully saturated rings. The van der Waals surface area contributed by atoms with Gasteiger partial charge in [0.2, 0.25) is 0 Å². The maximum absolute atomic E-state index is 2.52. The predicted molar refractivity (Wildman–Crippen MR) is 242 cm³/mol. The minimum atomic E-state index is -0.0957. The van der Waals surface area contributed by atoms with E-state index in [0.717, 1.165) is 23.7 Å². The summed E-state index contributed by atoms with van der Waals surface area (Å²) in [5.74, 6) is 3.41. The molecule has 8 aromatic rings. The standard InChI is InChI=1S/C57H47N/c1-56(2)50-19-9-7-15-46(50)47-27-26-42(34-53(47)56)58(54-33-38-12-3-4-13-43(38)45-14-5-6-16-48(45)54)41-24-22-37(23-25-41)44-18-11-21-52-55(44)49-17-8-10-20-51(49)57(52)39-29-35-28-36(31-39)32-40(57)30-35/h3-27,33-36,39-40H,28-32H2,1-2H3. The van der Waals surface area contributed by atoms with E-state index < -0.39 is 0 Å². The van der Waals surface area contributed by atoms with Crippen molar-refractivity contribution in [2.75, 3.05) is 4.90 Å². The molecule has 14 rings (SSSR count). The number of hydrogen-bond donors (Lipinski definition) is 0. The molecule has 0 aliphatic heterocycles. The van der Waals surface area contributed by atoms with Gasteiger partial charge < -0.3 is 4.90 Å². The van der Waals surface area contributed by atoms with Gasteiger partial charge in [-0.15, -0.1) is 0 Å². The Morgan fingerprint density at radius 2 is 1.02 bits per heavy atom. The van der Waals surface area contributed by atoms with Crippen molar-refractivity contribution < 1.29 is 0 Å². The molecule has 4 bridgehead atoms. The van der Waals surface area contributed by atoms with Crippen molar-refractivity contribution in [3.63, 3.8) is 0 Å². The molecule has 0 unspecified atom stereocenters. The summed E-state index contributed by atoms with van der Waals surface area (Å²) < 4.78 is 0. The number of anilines is 3. The second-order valence-electron chi connectivity index (χ2n) is 18.9. The Kier molecular flexibility index (Phi) is 6.75. The van der Waals surface area contributed by atoms with Gasteiger partial charge in [0.05, 0.1) is 5.69 Å². The van der Waals surface area contributed by atoms with Gasteiger partial charge in [0, 0.05) is 27.6 Å². The van der Waals surface area contributed by atoms with Gasteiger partial charge in [0.25, 0.3) is 0 Å². The molecule has 4 saturated carbocycles. The van der Waals surface area contributed by atoms with Crippen molar-refractivity contribution in [1.82, 2.24) is 0 Å². The molecule has 6 aliphatic rings. The Hall–Kier alpha value is -5.92. The highest BCUT2D eigenvalue weighted by molar-refractivity contribution is 6.14. The van der Waals surface area contributed by atoms with Crippen LogP contribution < -0.4 is 4.90 Å². The van der Waals surface area contributed by atoms with Crippen molar-refractivity contribution in [3.8, 4) is 33.4 Å². The smallest absolute Gasteiger partial charge is 0.0546 e. The summed E-state index contributed by atoms with van der Waals surface area (Å²) in [7, 11) is 0. The molecule has 58 heavy (non-hydrogen) atoms. The minimum absolute atomic E-state index is 0.0957. The molecule has 0 atom stereocenters. The fourth-order valence-electron chi connectivity index (χ4n) is 13.7. The molecule has 0 aromatic heterocycles. The summed E-state index contributed by atoms with van der Waals surface area (Å²) in [5.41, 5.74) is 18.0. The molecule has 0 saturated heterocycles. The van der Waals surface area contributed by atoms with Crippen molar-refractivity contribution in [1.29, 1.82) is 0 Å². The van der Waals surface area contributed by atoms with Crippen LogP contribution in [0.3, 0.4) is 0 Å². The van der Waals surface area contributed by atoms with Crippen LogP contribution >= 0.6 is 0 Å². The topological polar surface area (TPSA) is 3.24 Å². The van der Waals surface area contributed by atoms with Crippen LogP contribution in [0, 0.1) is 23.7 Å². The van der Waals surface area contributed by atoms with E-state index in [1.54, 1.807) is 11.1 Å². The van der Waals surface area contributed by atoms with Crippen LogP contribution in [0.4, 0.5) is 17.1 Å². The molecule has 6 aliphatic carbocycles. The Morgan fingerprint density at radius 3 is 1.79 bits per heavy atom. The largest absolute Gasteiger partial charge is 0.310 e. The van der Waals surface area contributed by atoms with Crippen LogP contribution in [-0.4, -0.2) is 0 Å². The summed E-state index contributed by atoms with van der Waals surface area (Å²) >= 11 is 0. The van der Waals surface area contributed by atoms with Gasteiger partial charge in [-0.2, -0.15) is 0 Å². The first-order chi connectivity index (χ1) is 28.5.